The van der Waals surface area contributed by atoms with Crippen molar-refractivity contribution in [1.82, 2.24) is 4.90 Å². The standard InChI is InChI=1S/C14H23BrN2O2/c1-17(10-11-4-6-12(15)7-5-11)13(9-16)8-14(18-2)19-3/h4-7,13-14H,8-10,16H2,1-3H3. The van der Waals surface area contributed by atoms with Gasteiger partial charge < -0.3 is 15.2 Å². The van der Waals surface area contributed by atoms with E-state index in [4.69, 9.17) is 15.2 Å². The quantitative estimate of drug-likeness (QED) is 0.742. The molecule has 19 heavy (non-hydrogen) atoms. The fraction of sp³-hybridized carbons (Fsp3) is 0.571. The lowest BCUT2D eigenvalue weighted by molar-refractivity contribution is -0.116. The summed E-state index contributed by atoms with van der Waals surface area (Å²) in [5.41, 5.74) is 7.11. The monoisotopic (exact) mass is 330 g/mol. The highest BCUT2D eigenvalue weighted by atomic mass is 79.9. The van der Waals surface area contributed by atoms with E-state index in [1.54, 1.807) is 14.2 Å². The summed E-state index contributed by atoms with van der Waals surface area (Å²) in [5, 5.41) is 0. The summed E-state index contributed by atoms with van der Waals surface area (Å²) in [4.78, 5) is 2.23. The lowest BCUT2D eigenvalue weighted by Gasteiger charge is -2.29. The number of rotatable bonds is 8. The van der Waals surface area contributed by atoms with Crippen LogP contribution in [0.3, 0.4) is 0 Å². The molecule has 0 aliphatic rings. The predicted octanol–water partition coefficient (Wildman–Crippen LogP) is 2.22. The molecule has 5 heteroatoms. The molecular formula is C14H23BrN2O2. The molecule has 0 aromatic heterocycles. The minimum absolute atomic E-state index is 0.207. The third-order valence-corrected chi connectivity index (χ3v) is 3.76. The number of ether oxygens (including phenoxy) is 2. The van der Waals surface area contributed by atoms with Crippen molar-refractivity contribution in [2.75, 3.05) is 27.8 Å². The van der Waals surface area contributed by atoms with Gasteiger partial charge in [0.15, 0.2) is 6.29 Å². The molecule has 1 aromatic carbocycles. The summed E-state index contributed by atoms with van der Waals surface area (Å²) in [5.74, 6) is 0. The molecule has 0 bridgehead atoms. The maximum atomic E-state index is 5.85. The highest BCUT2D eigenvalue weighted by Gasteiger charge is 2.18. The number of nitrogens with two attached hydrogens (primary N) is 1. The maximum absolute atomic E-state index is 5.85. The SMILES string of the molecule is COC(CC(CN)N(C)Cc1ccc(Br)cc1)OC. The van der Waals surface area contributed by atoms with Gasteiger partial charge in [-0.3, -0.25) is 4.90 Å². The topological polar surface area (TPSA) is 47.7 Å². The molecule has 0 saturated carbocycles. The van der Waals surface area contributed by atoms with Gasteiger partial charge in [-0.15, -0.1) is 0 Å². The van der Waals surface area contributed by atoms with E-state index in [0.717, 1.165) is 17.4 Å². The first kappa shape index (κ1) is 16.6. The zero-order valence-electron chi connectivity index (χ0n) is 11.8. The van der Waals surface area contributed by atoms with Crippen molar-refractivity contribution in [2.45, 2.75) is 25.3 Å². The van der Waals surface area contributed by atoms with Gasteiger partial charge in [0.2, 0.25) is 0 Å². The Labute approximate surface area is 124 Å². The Kier molecular flexibility index (Phi) is 7.56. The van der Waals surface area contributed by atoms with E-state index in [-0.39, 0.29) is 12.3 Å². The fourth-order valence-electron chi connectivity index (χ4n) is 1.97. The molecule has 0 aliphatic heterocycles. The molecule has 0 radical (unpaired) electrons. The average molecular weight is 331 g/mol. The van der Waals surface area contributed by atoms with Crippen LogP contribution in [0, 0.1) is 0 Å². The molecule has 108 valence electrons. The zero-order chi connectivity index (χ0) is 14.3. The Morgan fingerprint density at radius 3 is 2.26 bits per heavy atom. The average Bonchev–Trinajstić information content (AvgIpc) is 2.42. The Bertz CT molecular complexity index is 355. The zero-order valence-corrected chi connectivity index (χ0v) is 13.4. The van der Waals surface area contributed by atoms with Crippen LogP contribution in [-0.4, -0.2) is 45.0 Å². The molecule has 2 N–H and O–H groups in total. The van der Waals surface area contributed by atoms with Gasteiger partial charge >= 0.3 is 0 Å². The summed E-state index contributed by atoms with van der Waals surface area (Å²) in [6, 6.07) is 8.55. The van der Waals surface area contributed by atoms with Gasteiger partial charge in [0, 0.05) is 44.2 Å². The first-order chi connectivity index (χ1) is 9.10. The van der Waals surface area contributed by atoms with Crippen molar-refractivity contribution in [3.8, 4) is 0 Å². The highest BCUT2D eigenvalue weighted by Crippen LogP contribution is 2.14. The predicted molar refractivity (Wildman–Crippen MR) is 80.9 cm³/mol. The fourth-order valence-corrected chi connectivity index (χ4v) is 2.24. The van der Waals surface area contributed by atoms with Crippen LogP contribution in [0.15, 0.2) is 28.7 Å². The lowest BCUT2D eigenvalue weighted by atomic mass is 10.1. The van der Waals surface area contributed by atoms with Crippen LogP contribution in [0.5, 0.6) is 0 Å². The van der Waals surface area contributed by atoms with E-state index in [0.29, 0.717) is 6.54 Å². The summed E-state index contributed by atoms with van der Waals surface area (Å²) in [6.07, 6.45) is 0.553. The molecule has 4 nitrogen and oxygen atoms in total. The Morgan fingerprint density at radius 2 is 1.79 bits per heavy atom. The number of halogens is 1. The smallest absolute Gasteiger partial charge is 0.158 e. The molecule has 0 fully saturated rings. The maximum Gasteiger partial charge on any atom is 0.158 e. The lowest BCUT2D eigenvalue weighted by Crippen LogP contribution is -2.40. The van der Waals surface area contributed by atoms with Crippen molar-refractivity contribution < 1.29 is 9.47 Å². The Hall–Kier alpha value is -0.460. The van der Waals surface area contributed by atoms with Crippen LogP contribution < -0.4 is 5.73 Å². The van der Waals surface area contributed by atoms with Gasteiger partial charge in [-0.2, -0.15) is 0 Å². The van der Waals surface area contributed by atoms with Crippen molar-refractivity contribution in [1.29, 1.82) is 0 Å². The Balaban J connectivity index is 2.57. The molecule has 1 rings (SSSR count). The van der Waals surface area contributed by atoms with Crippen LogP contribution in [0.1, 0.15) is 12.0 Å². The number of nitrogens with zero attached hydrogens (tertiary/aromatic N) is 1. The van der Waals surface area contributed by atoms with E-state index < -0.39 is 0 Å². The largest absolute Gasteiger partial charge is 0.356 e. The molecule has 1 aromatic rings. The van der Waals surface area contributed by atoms with Gasteiger partial charge in [-0.05, 0) is 24.7 Å². The molecular weight excluding hydrogens is 308 g/mol. The second-order valence-corrected chi connectivity index (χ2v) is 5.48. The van der Waals surface area contributed by atoms with Crippen LogP contribution >= 0.6 is 15.9 Å². The number of hydrogen-bond acceptors (Lipinski definition) is 4. The molecule has 0 aliphatic carbocycles. The minimum atomic E-state index is -0.207. The van der Waals surface area contributed by atoms with Gasteiger partial charge in [0.1, 0.15) is 0 Å². The van der Waals surface area contributed by atoms with Gasteiger partial charge in [-0.25, -0.2) is 0 Å². The number of hydrogen-bond donors (Lipinski definition) is 1. The molecule has 0 spiro atoms. The van der Waals surface area contributed by atoms with Crippen molar-refractivity contribution in [3.05, 3.63) is 34.3 Å². The summed E-state index contributed by atoms with van der Waals surface area (Å²) >= 11 is 3.44. The van der Waals surface area contributed by atoms with Crippen LogP contribution in [0.4, 0.5) is 0 Å². The molecule has 1 atom stereocenters. The van der Waals surface area contributed by atoms with Crippen LogP contribution in [0.2, 0.25) is 0 Å². The minimum Gasteiger partial charge on any atom is -0.356 e. The highest BCUT2D eigenvalue weighted by molar-refractivity contribution is 9.10. The van der Waals surface area contributed by atoms with Crippen molar-refractivity contribution >= 4 is 15.9 Å². The number of methoxy groups -OCH3 is 2. The second-order valence-electron chi connectivity index (χ2n) is 4.57. The van der Waals surface area contributed by atoms with Crippen molar-refractivity contribution in [2.24, 2.45) is 5.73 Å². The third-order valence-electron chi connectivity index (χ3n) is 3.23. The summed E-state index contributed by atoms with van der Waals surface area (Å²) in [6.45, 7) is 1.44. The number of benzene rings is 1. The van der Waals surface area contributed by atoms with Gasteiger partial charge in [0.25, 0.3) is 0 Å². The molecule has 0 heterocycles. The van der Waals surface area contributed by atoms with E-state index in [1.165, 1.54) is 5.56 Å². The van der Waals surface area contributed by atoms with E-state index >= 15 is 0 Å². The third kappa shape index (κ3) is 5.58. The molecule has 1 unspecified atom stereocenters. The van der Waals surface area contributed by atoms with Crippen LogP contribution in [0.25, 0.3) is 0 Å². The van der Waals surface area contributed by atoms with E-state index in [9.17, 15) is 0 Å². The normalized spacial score (nSPS) is 13.2. The van der Waals surface area contributed by atoms with Gasteiger partial charge in [-0.1, -0.05) is 28.1 Å². The van der Waals surface area contributed by atoms with Crippen LogP contribution in [-0.2, 0) is 16.0 Å². The first-order valence-electron chi connectivity index (χ1n) is 6.31. The second kappa shape index (κ2) is 8.66. The van der Waals surface area contributed by atoms with E-state index in [1.807, 2.05) is 12.1 Å². The molecule has 0 amide bonds. The first-order valence-corrected chi connectivity index (χ1v) is 7.10. The molecule has 0 saturated heterocycles. The number of likely N-dealkylation sites (N-methyl/N-ethyl adjacent to an activating group) is 1. The van der Waals surface area contributed by atoms with E-state index in [2.05, 4.69) is 40.0 Å². The van der Waals surface area contributed by atoms with Crippen molar-refractivity contribution in [3.63, 3.8) is 0 Å². The summed E-state index contributed by atoms with van der Waals surface area (Å²) < 4.78 is 11.6. The summed E-state index contributed by atoms with van der Waals surface area (Å²) in [7, 11) is 5.37. The Morgan fingerprint density at radius 1 is 1.21 bits per heavy atom. The van der Waals surface area contributed by atoms with Gasteiger partial charge in [0.05, 0.1) is 0 Å².